The van der Waals surface area contributed by atoms with Gasteiger partial charge in [-0.2, -0.15) is 0 Å². The van der Waals surface area contributed by atoms with Crippen LogP contribution in [-0.4, -0.2) is 35.1 Å². The van der Waals surface area contributed by atoms with Gasteiger partial charge in [-0.05, 0) is 63.2 Å². The Kier molecular flexibility index (Phi) is 7.64. The zero-order valence-corrected chi connectivity index (χ0v) is 13.7. The van der Waals surface area contributed by atoms with E-state index in [9.17, 15) is 5.11 Å². The molecule has 126 valence electrons. The highest BCUT2D eigenvalue weighted by Crippen LogP contribution is 2.47. The average Bonchev–Trinajstić information content (AvgIpc) is 3.10. The summed E-state index contributed by atoms with van der Waals surface area (Å²) in [5, 5.41) is 18.6. The van der Waals surface area contributed by atoms with Crippen LogP contribution in [0, 0.1) is 11.8 Å². The standard InChI is InChI=1S/C19H32O3/c1-2-8-15(21)10-11-17-16(18-12-13-19(17)22-18)9-6-4-3-5-7-14-20/h2,5,7,15-21H,1,3-4,6,8-14H2. The summed E-state index contributed by atoms with van der Waals surface area (Å²) >= 11 is 0. The van der Waals surface area contributed by atoms with Crippen molar-refractivity contribution in [2.24, 2.45) is 11.8 Å². The molecular weight excluding hydrogens is 276 g/mol. The van der Waals surface area contributed by atoms with Gasteiger partial charge < -0.3 is 14.9 Å². The minimum absolute atomic E-state index is 0.148. The molecule has 2 bridgehead atoms. The summed E-state index contributed by atoms with van der Waals surface area (Å²) in [6.45, 7) is 3.85. The number of hydrogen-bond donors (Lipinski definition) is 2. The molecule has 22 heavy (non-hydrogen) atoms. The second kappa shape index (κ2) is 9.49. The molecule has 2 rings (SSSR count). The molecule has 2 heterocycles. The van der Waals surface area contributed by atoms with Crippen LogP contribution in [0.25, 0.3) is 0 Å². The quantitative estimate of drug-likeness (QED) is 0.453. The molecule has 2 aliphatic rings. The van der Waals surface area contributed by atoms with Crippen molar-refractivity contribution < 1.29 is 14.9 Å². The lowest BCUT2D eigenvalue weighted by molar-refractivity contribution is 0.0832. The van der Waals surface area contributed by atoms with Gasteiger partial charge in [0.2, 0.25) is 0 Å². The van der Waals surface area contributed by atoms with E-state index >= 15 is 0 Å². The smallest absolute Gasteiger partial charge is 0.0612 e. The van der Waals surface area contributed by atoms with Crippen LogP contribution in [0.3, 0.4) is 0 Å². The number of allylic oxidation sites excluding steroid dienone is 1. The monoisotopic (exact) mass is 308 g/mol. The predicted octanol–water partition coefficient (Wildman–Crippen LogP) is 3.61. The molecule has 2 N–H and O–H groups in total. The van der Waals surface area contributed by atoms with Crippen molar-refractivity contribution in [3.63, 3.8) is 0 Å². The summed E-state index contributed by atoms with van der Waals surface area (Å²) in [4.78, 5) is 0. The van der Waals surface area contributed by atoms with Crippen molar-refractivity contribution in [3.05, 3.63) is 24.8 Å². The van der Waals surface area contributed by atoms with Gasteiger partial charge in [-0.1, -0.05) is 24.6 Å². The molecular formula is C19H32O3. The maximum Gasteiger partial charge on any atom is 0.0612 e. The van der Waals surface area contributed by atoms with Crippen LogP contribution in [0.5, 0.6) is 0 Å². The van der Waals surface area contributed by atoms with E-state index < -0.39 is 0 Å². The molecule has 5 atom stereocenters. The SMILES string of the molecule is C=CCC(O)CCC1C2CCC(O2)C1CCCCC=CCO. The van der Waals surface area contributed by atoms with Crippen molar-refractivity contribution >= 4 is 0 Å². The van der Waals surface area contributed by atoms with Gasteiger partial charge in [0.1, 0.15) is 0 Å². The summed E-state index contributed by atoms with van der Waals surface area (Å²) in [5.41, 5.74) is 0. The molecule has 2 aliphatic heterocycles. The molecule has 0 amide bonds. The van der Waals surface area contributed by atoms with E-state index in [0.29, 0.717) is 30.5 Å². The molecule has 3 nitrogen and oxygen atoms in total. The van der Waals surface area contributed by atoms with E-state index in [-0.39, 0.29) is 12.7 Å². The van der Waals surface area contributed by atoms with E-state index in [0.717, 1.165) is 19.3 Å². The van der Waals surface area contributed by atoms with E-state index in [1.165, 1.54) is 32.1 Å². The average molecular weight is 308 g/mol. The van der Waals surface area contributed by atoms with Crippen molar-refractivity contribution in [3.8, 4) is 0 Å². The number of aliphatic hydroxyl groups is 2. The van der Waals surface area contributed by atoms with Crippen LogP contribution in [0.15, 0.2) is 24.8 Å². The highest BCUT2D eigenvalue weighted by molar-refractivity contribution is 4.96. The summed E-state index contributed by atoms with van der Waals surface area (Å²) in [6.07, 6.45) is 16.2. The minimum atomic E-state index is -0.235. The Bertz CT molecular complexity index is 353. The second-order valence-electron chi connectivity index (χ2n) is 6.81. The Morgan fingerprint density at radius 1 is 1.09 bits per heavy atom. The van der Waals surface area contributed by atoms with Crippen molar-refractivity contribution in [2.75, 3.05) is 6.61 Å². The first-order valence-corrected chi connectivity index (χ1v) is 8.96. The molecule has 0 radical (unpaired) electrons. The molecule has 2 fully saturated rings. The van der Waals surface area contributed by atoms with Crippen molar-refractivity contribution in [2.45, 2.75) is 76.1 Å². The number of hydrogen-bond acceptors (Lipinski definition) is 3. The Morgan fingerprint density at radius 3 is 2.50 bits per heavy atom. The highest BCUT2D eigenvalue weighted by atomic mass is 16.5. The number of fused-ring (bicyclic) bond motifs is 2. The fraction of sp³-hybridized carbons (Fsp3) is 0.789. The van der Waals surface area contributed by atoms with Crippen LogP contribution in [0.1, 0.15) is 57.8 Å². The van der Waals surface area contributed by atoms with Gasteiger partial charge in [0, 0.05) is 0 Å². The molecule has 3 heteroatoms. The Balaban J connectivity index is 1.72. The van der Waals surface area contributed by atoms with Crippen LogP contribution < -0.4 is 0 Å². The first-order chi connectivity index (χ1) is 10.8. The third kappa shape index (κ3) is 4.94. The zero-order valence-electron chi connectivity index (χ0n) is 13.7. The van der Waals surface area contributed by atoms with Gasteiger partial charge >= 0.3 is 0 Å². The Morgan fingerprint density at radius 2 is 1.82 bits per heavy atom. The van der Waals surface area contributed by atoms with Gasteiger partial charge in [-0.25, -0.2) is 0 Å². The van der Waals surface area contributed by atoms with E-state index in [2.05, 4.69) is 12.7 Å². The predicted molar refractivity (Wildman–Crippen MR) is 89.6 cm³/mol. The maximum absolute atomic E-state index is 9.92. The van der Waals surface area contributed by atoms with Crippen molar-refractivity contribution in [1.29, 1.82) is 0 Å². The van der Waals surface area contributed by atoms with Gasteiger partial charge in [0.15, 0.2) is 0 Å². The number of rotatable bonds is 11. The fourth-order valence-electron chi connectivity index (χ4n) is 4.20. The second-order valence-corrected chi connectivity index (χ2v) is 6.81. The third-order valence-corrected chi connectivity index (χ3v) is 5.29. The van der Waals surface area contributed by atoms with E-state index in [1.807, 2.05) is 6.08 Å². The molecule has 0 spiro atoms. The first kappa shape index (κ1) is 17.7. The summed E-state index contributed by atoms with van der Waals surface area (Å²) in [6, 6.07) is 0. The van der Waals surface area contributed by atoms with E-state index in [4.69, 9.17) is 9.84 Å². The molecule has 5 unspecified atom stereocenters. The first-order valence-electron chi connectivity index (χ1n) is 8.96. The molecule has 2 saturated heterocycles. The number of ether oxygens (including phenoxy) is 1. The van der Waals surface area contributed by atoms with Crippen molar-refractivity contribution in [1.82, 2.24) is 0 Å². The lowest BCUT2D eigenvalue weighted by Gasteiger charge is -2.28. The third-order valence-electron chi connectivity index (χ3n) is 5.29. The summed E-state index contributed by atoms with van der Waals surface area (Å²) in [5.74, 6) is 1.34. The topological polar surface area (TPSA) is 49.7 Å². The maximum atomic E-state index is 9.92. The van der Waals surface area contributed by atoms with Gasteiger partial charge in [0.05, 0.1) is 24.9 Å². The van der Waals surface area contributed by atoms with Gasteiger partial charge in [-0.15, -0.1) is 6.58 Å². The zero-order chi connectivity index (χ0) is 15.8. The number of aliphatic hydroxyl groups excluding tert-OH is 2. The van der Waals surface area contributed by atoms with E-state index in [1.54, 1.807) is 6.08 Å². The van der Waals surface area contributed by atoms with Gasteiger partial charge in [0.25, 0.3) is 0 Å². The number of unbranched alkanes of at least 4 members (excludes halogenated alkanes) is 2. The van der Waals surface area contributed by atoms with Crippen LogP contribution in [-0.2, 0) is 4.74 Å². The Labute approximate surface area is 135 Å². The van der Waals surface area contributed by atoms with Crippen LogP contribution in [0.2, 0.25) is 0 Å². The normalized spacial score (nSPS) is 31.9. The summed E-state index contributed by atoms with van der Waals surface area (Å²) < 4.78 is 6.14. The van der Waals surface area contributed by atoms with Crippen LogP contribution >= 0.6 is 0 Å². The molecule has 0 aromatic carbocycles. The van der Waals surface area contributed by atoms with Gasteiger partial charge in [-0.3, -0.25) is 0 Å². The Hall–Kier alpha value is -0.640. The summed E-state index contributed by atoms with van der Waals surface area (Å²) in [7, 11) is 0. The lowest BCUT2D eigenvalue weighted by atomic mass is 9.74. The molecule has 0 aromatic heterocycles. The fourth-order valence-corrected chi connectivity index (χ4v) is 4.20. The largest absolute Gasteiger partial charge is 0.393 e. The van der Waals surface area contributed by atoms with Crippen LogP contribution in [0.4, 0.5) is 0 Å². The molecule has 0 aliphatic carbocycles. The molecule has 0 aromatic rings. The highest BCUT2D eigenvalue weighted by Gasteiger charge is 2.47. The molecule has 0 saturated carbocycles. The lowest BCUT2D eigenvalue weighted by Crippen LogP contribution is -2.28. The minimum Gasteiger partial charge on any atom is -0.393 e.